The quantitative estimate of drug-likeness (QED) is 0.744. The molecule has 0 atom stereocenters. The molecule has 0 radical (unpaired) electrons. The summed E-state index contributed by atoms with van der Waals surface area (Å²) in [5.74, 6) is 2.63. The number of hydrogen-bond acceptors (Lipinski definition) is 5. The highest BCUT2D eigenvalue weighted by atomic mass is 16.5. The first-order valence-corrected chi connectivity index (χ1v) is 10.2. The SMILES string of the molecule is CCOc1ccc(C2C3=C(CCCC3=O)OC3=C2C(=O)CCC3)cc1OCC. The summed E-state index contributed by atoms with van der Waals surface area (Å²) in [4.78, 5) is 25.7. The Kier molecular flexibility index (Phi) is 5.25. The van der Waals surface area contributed by atoms with Crippen molar-refractivity contribution in [3.63, 3.8) is 0 Å². The highest BCUT2D eigenvalue weighted by molar-refractivity contribution is 6.05. The van der Waals surface area contributed by atoms with Crippen LogP contribution in [-0.4, -0.2) is 24.8 Å². The third-order valence-electron chi connectivity index (χ3n) is 5.54. The maximum absolute atomic E-state index is 12.8. The van der Waals surface area contributed by atoms with E-state index in [0.29, 0.717) is 48.7 Å². The van der Waals surface area contributed by atoms with Gasteiger partial charge < -0.3 is 14.2 Å². The molecule has 1 aromatic rings. The van der Waals surface area contributed by atoms with E-state index in [0.717, 1.165) is 42.8 Å². The van der Waals surface area contributed by atoms with Gasteiger partial charge in [0.1, 0.15) is 11.5 Å². The first-order valence-electron chi connectivity index (χ1n) is 10.2. The van der Waals surface area contributed by atoms with Gasteiger partial charge in [-0.05, 0) is 44.4 Å². The molecule has 2 aliphatic carbocycles. The molecule has 0 saturated carbocycles. The molecule has 5 nitrogen and oxygen atoms in total. The Balaban J connectivity index is 1.86. The van der Waals surface area contributed by atoms with Crippen molar-refractivity contribution in [2.24, 2.45) is 0 Å². The van der Waals surface area contributed by atoms with Crippen LogP contribution in [0.25, 0.3) is 0 Å². The van der Waals surface area contributed by atoms with Crippen molar-refractivity contribution in [2.45, 2.75) is 58.3 Å². The zero-order valence-corrected chi connectivity index (χ0v) is 16.5. The number of Topliss-reactive ketones (excluding diaryl/α,β-unsaturated/α-hetero) is 2. The van der Waals surface area contributed by atoms with Crippen LogP contribution in [-0.2, 0) is 14.3 Å². The highest BCUT2D eigenvalue weighted by Crippen LogP contribution is 2.48. The molecule has 3 aliphatic rings. The molecule has 1 aromatic carbocycles. The fourth-order valence-electron chi connectivity index (χ4n) is 4.40. The summed E-state index contributed by atoms with van der Waals surface area (Å²) in [7, 11) is 0. The second-order valence-corrected chi connectivity index (χ2v) is 7.33. The topological polar surface area (TPSA) is 61.8 Å². The van der Waals surface area contributed by atoms with Crippen molar-refractivity contribution in [3.8, 4) is 11.5 Å². The number of ketones is 2. The van der Waals surface area contributed by atoms with Crippen LogP contribution in [0.2, 0.25) is 0 Å². The summed E-state index contributed by atoms with van der Waals surface area (Å²) in [5.41, 5.74) is 2.21. The van der Waals surface area contributed by atoms with Gasteiger partial charge in [-0.15, -0.1) is 0 Å². The van der Waals surface area contributed by atoms with Crippen molar-refractivity contribution in [1.82, 2.24) is 0 Å². The van der Waals surface area contributed by atoms with Gasteiger partial charge in [-0.1, -0.05) is 6.07 Å². The fourth-order valence-corrected chi connectivity index (χ4v) is 4.40. The van der Waals surface area contributed by atoms with E-state index in [2.05, 4.69) is 0 Å². The van der Waals surface area contributed by atoms with Crippen LogP contribution < -0.4 is 9.47 Å². The highest BCUT2D eigenvalue weighted by Gasteiger charge is 2.41. The summed E-state index contributed by atoms with van der Waals surface area (Å²) in [6.45, 7) is 4.90. The molecule has 0 spiro atoms. The Morgan fingerprint density at radius 1 is 0.857 bits per heavy atom. The zero-order valence-electron chi connectivity index (χ0n) is 16.5. The summed E-state index contributed by atoms with van der Waals surface area (Å²) < 4.78 is 17.6. The fraction of sp³-hybridized carbons (Fsp3) is 0.478. The average Bonchev–Trinajstić information content (AvgIpc) is 2.69. The largest absolute Gasteiger partial charge is 0.490 e. The monoisotopic (exact) mass is 382 g/mol. The summed E-state index contributed by atoms with van der Waals surface area (Å²) >= 11 is 0. The first kappa shape index (κ1) is 18.8. The second-order valence-electron chi connectivity index (χ2n) is 7.33. The zero-order chi connectivity index (χ0) is 19.7. The van der Waals surface area contributed by atoms with Crippen LogP contribution in [0, 0.1) is 0 Å². The molecule has 1 aliphatic heterocycles. The lowest BCUT2D eigenvalue weighted by atomic mass is 9.73. The van der Waals surface area contributed by atoms with Gasteiger partial charge in [0.15, 0.2) is 23.1 Å². The third kappa shape index (κ3) is 3.23. The number of rotatable bonds is 5. The van der Waals surface area contributed by atoms with Gasteiger partial charge in [-0.2, -0.15) is 0 Å². The first-order chi connectivity index (χ1) is 13.6. The minimum Gasteiger partial charge on any atom is -0.490 e. The Hall–Kier alpha value is -2.56. The van der Waals surface area contributed by atoms with E-state index in [4.69, 9.17) is 14.2 Å². The third-order valence-corrected chi connectivity index (χ3v) is 5.54. The van der Waals surface area contributed by atoms with Crippen LogP contribution in [0.3, 0.4) is 0 Å². The van der Waals surface area contributed by atoms with Gasteiger partial charge in [-0.25, -0.2) is 0 Å². The average molecular weight is 382 g/mol. The van der Waals surface area contributed by atoms with Gasteiger partial charge in [0.05, 0.1) is 13.2 Å². The molecule has 0 N–H and O–H groups in total. The molecule has 4 rings (SSSR count). The van der Waals surface area contributed by atoms with E-state index < -0.39 is 0 Å². The van der Waals surface area contributed by atoms with E-state index in [1.807, 2.05) is 32.0 Å². The molecule has 148 valence electrons. The molecular formula is C23H26O5. The minimum absolute atomic E-state index is 0.0861. The molecule has 1 heterocycles. The normalized spacial score (nSPS) is 19.9. The Bertz CT molecular complexity index is 835. The van der Waals surface area contributed by atoms with Gasteiger partial charge in [0, 0.05) is 42.7 Å². The number of benzene rings is 1. The van der Waals surface area contributed by atoms with Gasteiger partial charge >= 0.3 is 0 Å². The Morgan fingerprint density at radius 3 is 2.00 bits per heavy atom. The van der Waals surface area contributed by atoms with Crippen molar-refractivity contribution >= 4 is 11.6 Å². The Morgan fingerprint density at radius 2 is 1.43 bits per heavy atom. The van der Waals surface area contributed by atoms with Crippen molar-refractivity contribution in [1.29, 1.82) is 0 Å². The minimum atomic E-state index is -0.366. The van der Waals surface area contributed by atoms with E-state index >= 15 is 0 Å². The smallest absolute Gasteiger partial charge is 0.163 e. The molecule has 0 aromatic heterocycles. The van der Waals surface area contributed by atoms with Crippen LogP contribution in [0.5, 0.6) is 11.5 Å². The molecule has 28 heavy (non-hydrogen) atoms. The van der Waals surface area contributed by atoms with Crippen LogP contribution in [0.15, 0.2) is 40.9 Å². The molecular weight excluding hydrogens is 356 g/mol. The van der Waals surface area contributed by atoms with E-state index in [9.17, 15) is 9.59 Å². The maximum atomic E-state index is 12.8. The second kappa shape index (κ2) is 7.82. The lowest BCUT2D eigenvalue weighted by Gasteiger charge is -2.36. The van der Waals surface area contributed by atoms with E-state index in [-0.39, 0.29) is 17.5 Å². The predicted octanol–water partition coefficient (Wildman–Crippen LogP) is 4.61. The molecule has 0 amide bonds. The van der Waals surface area contributed by atoms with Gasteiger partial charge in [-0.3, -0.25) is 9.59 Å². The predicted molar refractivity (Wildman–Crippen MR) is 104 cm³/mol. The maximum Gasteiger partial charge on any atom is 0.163 e. The van der Waals surface area contributed by atoms with Crippen LogP contribution in [0.1, 0.15) is 63.9 Å². The standard InChI is InChI=1S/C23H26O5/c1-3-26-17-12-11-14(13-20(17)27-4-2)21-22-15(24)7-5-9-18(22)28-19-10-6-8-16(25)23(19)21/h11-13,21H,3-10H2,1-2H3. The summed E-state index contributed by atoms with van der Waals surface area (Å²) in [5, 5.41) is 0. The van der Waals surface area contributed by atoms with Gasteiger partial charge in [0.25, 0.3) is 0 Å². The lowest BCUT2D eigenvalue weighted by Crippen LogP contribution is -2.30. The number of ether oxygens (including phenoxy) is 3. The van der Waals surface area contributed by atoms with Crippen LogP contribution in [0.4, 0.5) is 0 Å². The number of hydrogen-bond donors (Lipinski definition) is 0. The molecule has 0 fully saturated rings. The number of allylic oxidation sites excluding steroid dienone is 4. The lowest BCUT2D eigenvalue weighted by molar-refractivity contribution is -0.117. The Labute approximate surface area is 165 Å². The van der Waals surface area contributed by atoms with E-state index in [1.54, 1.807) is 0 Å². The van der Waals surface area contributed by atoms with Crippen molar-refractivity contribution in [2.75, 3.05) is 13.2 Å². The van der Waals surface area contributed by atoms with Crippen molar-refractivity contribution < 1.29 is 23.8 Å². The van der Waals surface area contributed by atoms with Gasteiger partial charge in [0.2, 0.25) is 0 Å². The summed E-state index contributed by atoms with van der Waals surface area (Å²) in [6, 6.07) is 5.74. The summed E-state index contributed by atoms with van der Waals surface area (Å²) in [6.07, 6.45) is 4.11. The van der Waals surface area contributed by atoms with E-state index in [1.165, 1.54) is 0 Å². The molecule has 5 heteroatoms. The van der Waals surface area contributed by atoms with Crippen molar-refractivity contribution in [3.05, 3.63) is 46.4 Å². The molecule has 0 unspecified atom stereocenters. The number of carbonyl (C=O) groups is 2. The molecule has 0 bridgehead atoms. The van der Waals surface area contributed by atoms with Crippen LogP contribution >= 0.6 is 0 Å². The number of carbonyl (C=O) groups excluding carboxylic acids is 2. The molecule has 0 saturated heterocycles.